The minimum Gasteiger partial charge on any atom is -0.349 e. The molecule has 3 aliphatic heterocycles. The largest absolute Gasteiger partial charge is 0.349 e. The number of pyridine rings is 4. The van der Waals surface area contributed by atoms with E-state index in [-0.39, 0.29) is 46.8 Å². The monoisotopic (exact) mass is 1210 g/mol. The van der Waals surface area contributed by atoms with Crippen LogP contribution in [0.3, 0.4) is 0 Å². The van der Waals surface area contributed by atoms with Gasteiger partial charge in [0.05, 0.1) is 50.3 Å². The first-order valence-electron chi connectivity index (χ1n) is 30.1. The zero-order valence-electron chi connectivity index (χ0n) is 49.4. The van der Waals surface area contributed by atoms with Crippen molar-refractivity contribution in [3.05, 3.63) is 256 Å². The molecule has 0 saturated carbocycles. The number of likely N-dealkylation sites (tertiary alicyclic amines) is 2. The number of H-pyrrole nitrogens is 2. The fourth-order valence-corrected chi connectivity index (χ4v) is 12.4. The second kappa shape index (κ2) is 26.9. The lowest BCUT2D eigenvalue weighted by Gasteiger charge is -2.37. The van der Waals surface area contributed by atoms with Gasteiger partial charge in [-0.3, -0.25) is 38.6 Å². The van der Waals surface area contributed by atoms with Gasteiger partial charge >= 0.3 is 0 Å². The molecule has 5 N–H and O–H groups in total. The molecule has 0 unspecified atom stereocenters. The van der Waals surface area contributed by atoms with E-state index in [0.29, 0.717) is 50.2 Å². The number of nitrogens with zero attached hydrogens (tertiary/aromatic N) is 5. The molecule has 0 atom stereocenters. The molecule has 2 fully saturated rings. The molecule has 3 aliphatic rings. The summed E-state index contributed by atoms with van der Waals surface area (Å²) in [5, 5.41) is 10.1. The van der Waals surface area contributed by atoms with Gasteiger partial charge in [0.15, 0.2) is 0 Å². The number of rotatable bonds is 15. The molecule has 0 radical (unpaired) electrons. The van der Waals surface area contributed by atoms with Crippen LogP contribution in [0.4, 0.5) is 17.1 Å². The smallest absolute Gasteiger partial charge is 0.257 e. The zero-order valence-corrected chi connectivity index (χ0v) is 50.1. The Balaban J connectivity index is 0.000000175. The third kappa shape index (κ3) is 13.5. The number of aromatic nitrogens is 4. The van der Waals surface area contributed by atoms with Gasteiger partial charge in [-0.2, -0.15) is 0 Å². The van der Waals surface area contributed by atoms with Crippen LogP contribution in [0.1, 0.15) is 52.7 Å². The van der Waals surface area contributed by atoms with Crippen LogP contribution in [-0.4, -0.2) is 91.6 Å². The first kappa shape index (κ1) is 59.9. The number of benzene rings is 6. The summed E-state index contributed by atoms with van der Waals surface area (Å²) >= 11 is 6.39. The van der Waals surface area contributed by atoms with Gasteiger partial charge in [-0.1, -0.05) is 140 Å². The number of carbonyl (C=O) groups excluding carboxylic acids is 4. The van der Waals surface area contributed by atoms with Crippen molar-refractivity contribution in [3.8, 4) is 44.8 Å². The standard InChI is InChI=1S/C37H32ClN5O3.C36H33N5O3/c1-2-34(44)40-32-21-33-26(18-30(32)38)19-35(45)43(33)27-13-16-42(17-14-27)22-23-8-10-25(11-9-23)36-28(24-6-4-3-5-7-24)20-29-31(41-36)12-15-39-37(29)46;1-2-33(42)38-29-10-6-9-27(21-29)35(43)39-28-16-19-41(20-17-28)23-24-11-13-26(14-12-24)34-30(25-7-4-3-5-8-25)22-31-32(40-34)15-18-37-36(31)44/h2-12,15,18,20-21,27H,1,13-14,16-17,19,22H2,(H,39,46)(H,40,44);2-15,18,21-22,28H,1,16-17,19-20,23H2,(H,37,44)(H,38,42)(H,39,43). The minimum absolute atomic E-state index is 0.0640. The lowest BCUT2D eigenvalue weighted by molar-refractivity contribution is -0.118. The molecule has 90 heavy (non-hydrogen) atoms. The predicted octanol–water partition coefficient (Wildman–Crippen LogP) is 12.4. The third-order valence-electron chi connectivity index (χ3n) is 16.8. The Bertz CT molecular complexity index is 4480. The highest BCUT2D eigenvalue weighted by molar-refractivity contribution is 6.34. The van der Waals surface area contributed by atoms with Gasteiger partial charge in [0, 0.05) is 103 Å². The number of nitrogens with one attached hydrogen (secondary N) is 5. The van der Waals surface area contributed by atoms with Crippen molar-refractivity contribution in [1.82, 2.24) is 35.1 Å². The van der Waals surface area contributed by atoms with E-state index in [2.05, 4.69) is 97.4 Å². The second-order valence-electron chi connectivity index (χ2n) is 22.8. The molecule has 16 nitrogen and oxygen atoms in total. The van der Waals surface area contributed by atoms with Crippen LogP contribution in [0, 0.1) is 0 Å². The SMILES string of the molecule is C=CC(=O)Nc1cc2c(cc1Cl)CC(=O)N2C1CCN(Cc2ccc(-c3nc4cc[nH]c(=O)c4cc3-c3ccccc3)cc2)CC1.C=CC(=O)Nc1cccc(C(=O)NC2CCN(Cc3ccc(-c4nc5cc[nH]c(=O)c5cc4-c4ccccc4)cc3)CC2)c1. The number of amides is 4. The van der Waals surface area contributed by atoms with E-state index in [9.17, 15) is 28.8 Å². The van der Waals surface area contributed by atoms with Crippen molar-refractivity contribution < 1.29 is 19.2 Å². The molecular weight excluding hydrogens is 1150 g/mol. The van der Waals surface area contributed by atoms with E-state index >= 15 is 0 Å². The first-order chi connectivity index (χ1) is 43.8. The van der Waals surface area contributed by atoms with Crippen LogP contribution in [-0.2, 0) is 33.9 Å². The molecule has 7 heterocycles. The molecule has 0 spiro atoms. The molecule has 2 saturated heterocycles. The highest BCUT2D eigenvalue weighted by Crippen LogP contribution is 2.40. The highest BCUT2D eigenvalue weighted by Gasteiger charge is 2.36. The quantitative estimate of drug-likeness (QED) is 0.0614. The average Bonchev–Trinajstić information content (AvgIpc) is 1.30. The van der Waals surface area contributed by atoms with Crippen LogP contribution >= 0.6 is 11.6 Å². The fourth-order valence-electron chi connectivity index (χ4n) is 12.2. The van der Waals surface area contributed by atoms with Crippen LogP contribution < -0.4 is 32.0 Å². The van der Waals surface area contributed by atoms with Crippen molar-refractivity contribution in [2.75, 3.05) is 41.7 Å². The summed E-state index contributed by atoms with van der Waals surface area (Å²) in [7, 11) is 0. The van der Waals surface area contributed by atoms with Crippen LogP contribution in [0.2, 0.25) is 5.02 Å². The van der Waals surface area contributed by atoms with E-state index in [1.807, 2.05) is 95.9 Å². The number of fused-ring (bicyclic) bond motifs is 3. The van der Waals surface area contributed by atoms with E-state index in [4.69, 9.17) is 21.6 Å². The topological polar surface area (TPSA) is 206 Å². The summed E-state index contributed by atoms with van der Waals surface area (Å²) in [4.78, 5) is 96.6. The molecular formula is C73H65ClN10O6. The molecule has 4 amide bonds. The molecule has 450 valence electrons. The lowest BCUT2D eigenvalue weighted by Crippen LogP contribution is -2.46. The number of halogens is 1. The minimum atomic E-state index is -0.346. The lowest BCUT2D eigenvalue weighted by atomic mass is 9.97. The van der Waals surface area contributed by atoms with Gasteiger partial charge in [0.1, 0.15) is 0 Å². The normalized spacial score (nSPS) is 14.5. The van der Waals surface area contributed by atoms with Crippen molar-refractivity contribution in [1.29, 1.82) is 0 Å². The summed E-state index contributed by atoms with van der Waals surface area (Å²) in [6.45, 7) is 12.1. The van der Waals surface area contributed by atoms with Gasteiger partial charge in [-0.25, -0.2) is 9.97 Å². The molecule has 4 aromatic heterocycles. The molecule has 6 aromatic carbocycles. The Hall–Kier alpha value is -10.4. The molecule has 10 aromatic rings. The number of hydrogen-bond donors (Lipinski definition) is 5. The fraction of sp³-hybridized carbons (Fsp3) is 0.178. The average molecular weight is 1210 g/mol. The Labute approximate surface area is 525 Å². The number of carbonyl (C=O) groups is 4. The van der Waals surface area contributed by atoms with Gasteiger partial charge < -0.3 is 30.8 Å². The maximum atomic E-state index is 13.1. The van der Waals surface area contributed by atoms with Crippen molar-refractivity contribution in [2.45, 2.75) is 57.3 Å². The summed E-state index contributed by atoms with van der Waals surface area (Å²) in [6.07, 6.45) is 9.38. The Kier molecular flexibility index (Phi) is 17.9. The van der Waals surface area contributed by atoms with Gasteiger partial charge in [0.25, 0.3) is 17.0 Å². The number of piperidine rings is 2. The van der Waals surface area contributed by atoms with Crippen LogP contribution in [0.15, 0.2) is 217 Å². The van der Waals surface area contributed by atoms with Crippen molar-refractivity contribution in [3.63, 3.8) is 0 Å². The Morgan fingerprint density at radius 1 is 0.567 bits per heavy atom. The maximum Gasteiger partial charge on any atom is 0.257 e. The molecule has 0 aliphatic carbocycles. The van der Waals surface area contributed by atoms with E-state index in [1.165, 1.54) is 23.3 Å². The summed E-state index contributed by atoms with van der Waals surface area (Å²) in [6, 6.07) is 55.2. The van der Waals surface area contributed by atoms with Crippen molar-refractivity contribution >= 4 is 74.1 Å². The summed E-state index contributed by atoms with van der Waals surface area (Å²) in [5.74, 6) is -0.741. The number of aromatic amines is 2. The second-order valence-corrected chi connectivity index (χ2v) is 23.2. The Morgan fingerprint density at radius 3 is 1.60 bits per heavy atom. The zero-order chi connectivity index (χ0) is 62.3. The number of anilines is 3. The maximum absolute atomic E-state index is 13.1. The number of hydrogen-bond acceptors (Lipinski definition) is 10. The van der Waals surface area contributed by atoms with E-state index in [1.54, 1.807) is 42.7 Å². The molecule has 0 bridgehead atoms. The van der Waals surface area contributed by atoms with E-state index in [0.717, 1.165) is 121 Å². The van der Waals surface area contributed by atoms with Crippen molar-refractivity contribution in [2.24, 2.45) is 0 Å². The predicted molar refractivity (Wildman–Crippen MR) is 357 cm³/mol. The molecule has 13 rings (SSSR count). The van der Waals surface area contributed by atoms with Gasteiger partial charge in [0.2, 0.25) is 17.7 Å². The van der Waals surface area contributed by atoms with Crippen LogP contribution in [0.25, 0.3) is 66.6 Å². The highest BCUT2D eigenvalue weighted by atomic mass is 35.5. The Morgan fingerprint density at radius 2 is 1.08 bits per heavy atom. The third-order valence-corrected chi connectivity index (χ3v) is 17.2. The first-order valence-corrected chi connectivity index (χ1v) is 30.4. The summed E-state index contributed by atoms with van der Waals surface area (Å²) in [5.41, 5.74) is 14.2. The van der Waals surface area contributed by atoms with E-state index < -0.39 is 0 Å². The van der Waals surface area contributed by atoms with Gasteiger partial charge in [-0.05, 0) is 120 Å². The van der Waals surface area contributed by atoms with Crippen LogP contribution in [0.5, 0.6) is 0 Å². The van der Waals surface area contributed by atoms with Gasteiger partial charge in [-0.15, -0.1) is 0 Å². The molecule has 17 heteroatoms. The summed E-state index contributed by atoms with van der Waals surface area (Å²) < 4.78 is 0.